The molecule has 0 spiro atoms. The predicted octanol–water partition coefficient (Wildman–Crippen LogP) is 1.70. The van der Waals surface area contributed by atoms with Crippen LogP contribution in [0, 0.1) is 13.8 Å². The third-order valence-electron chi connectivity index (χ3n) is 5.71. The Labute approximate surface area is 163 Å². The molecule has 0 saturated carbocycles. The van der Waals surface area contributed by atoms with Gasteiger partial charge in [0.2, 0.25) is 5.91 Å². The summed E-state index contributed by atoms with van der Waals surface area (Å²) >= 11 is 0. The summed E-state index contributed by atoms with van der Waals surface area (Å²) in [6.07, 6.45) is 1.97. The van der Waals surface area contributed by atoms with Gasteiger partial charge < -0.3 is 10.5 Å². The number of fused-ring (bicyclic) bond motifs is 1. The second-order valence-electron chi connectivity index (χ2n) is 7.40. The summed E-state index contributed by atoms with van der Waals surface area (Å²) in [6, 6.07) is 1.20. The number of carbonyl (C=O) groups excluding carboxylic acids is 2. The predicted molar refractivity (Wildman–Crippen MR) is 106 cm³/mol. The van der Waals surface area contributed by atoms with Crippen molar-refractivity contribution in [3.05, 3.63) is 33.2 Å². The summed E-state index contributed by atoms with van der Waals surface area (Å²) in [6.45, 7) is 7.52. The SMILES string of the molecule is CCn1c(=O)n(CC2CCCO2)c2cc(C)c(C)c(CC(=O)N(C)C(N)=O)c21. The van der Waals surface area contributed by atoms with Crippen LogP contribution < -0.4 is 11.4 Å². The normalized spacial score (nSPS) is 16.6. The Kier molecular flexibility index (Phi) is 5.60. The molecule has 1 fully saturated rings. The first kappa shape index (κ1) is 20.1. The zero-order valence-electron chi connectivity index (χ0n) is 16.9. The van der Waals surface area contributed by atoms with Gasteiger partial charge in [-0.2, -0.15) is 0 Å². The minimum Gasteiger partial charge on any atom is -0.376 e. The van der Waals surface area contributed by atoms with Crippen molar-refractivity contribution < 1.29 is 14.3 Å². The van der Waals surface area contributed by atoms with E-state index in [0.717, 1.165) is 52.1 Å². The first-order valence-corrected chi connectivity index (χ1v) is 9.65. The maximum Gasteiger partial charge on any atom is 0.329 e. The molecule has 8 heteroatoms. The highest BCUT2D eigenvalue weighted by molar-refractivity contribution is 5.96. The van der Waals surface area contributed by atoms with Crippen molar-refractivity contribution in [2.75, 3.05) is 13.7 Å². The molecule has 8 nitrogen and oxygen atoms in total. The summed E-state index contributed by atoms with van der Waals surface area (Å²) < 4.78 is 9.18. The van der Waals surface area contributed by atoms with E-state index in [1.54, 1.807) is 9.13 Å². The Morgan fingerprint density at radius 3 is 2.61 bits per heavy atom. The van der Waals surface area contributed by atoms with E-state index in [1.165, 1.54) is 7.05 Å². The van der Waals surface area contributed by atoms with E-state index in [4.69, 9.17) is 10.5 Å². The number of rotatable bonds is 5. The molecule has 1 aromatic heterocycles. The minimum absolute atomic E-state index is 0.00678. The first-order valence-electron chi connectivity index (χ1n) is 9.65. The van der Waals surface area contributed by atoms with Gasteiger partial charge in [0.05, 0.1) is 30.1 Å². The van der Waals surface area contributed by atoms with Crippen LogP contribution in [0.1, 0.15) is 36.5 Å². The average molecular weight is 388 g/mol. The zero-order valence-corrected chi connectivity index (χ0v) is 16.9. The summed E-state index contributed by atoms with van der Waals surface area (Å²) in [5.74, 6) is -0.399. The Bertz CT molecular complexity index is 982. The number of ether oxygens (including phenoxy) is 1. The molecule has 1 unspecified atom stereocenters. The molecule has 1 atom stereocenters. The fourth-order valence-electron chi connectivity index (χ4n) is 3.87. The number of likely N-dealkylation sites (N-methyl/N-ethyl adjacent to an activating group) is 1. The van der Waals surface area contributed by atoms with E-state index < -0.39 is 11.9 Å². The number of nitrogens with zero attached hydrogens (tertiary/aromatic N) is 3. The largest absolute Gasteiger partial charge is 0.376 e. The molecule has 1 aromatic carbocycles. The van der Waals surface area contributed by atoms with Crippen molar-refractivity contribution in [3.8, 4) is 0 Å². The van der Waals surface area contributed by atoms with Crippen LogP contribution in [-0.2, 0) is 29.0 Å². The van der Waals surface area contributed by atoms with Crippen LogP contribution in [0.25, 0.3) is 11.0 Å². The summed E-state index contributed by atoms with van der Waals surface area (Å²) in [7, 11) is 1.36. The van der Waals surface area contributed by atoms with Gasteiger partial charge in [-0.25, -0.2) is 9.59 Å². The lowest BCUT2D eigenvalue weighted by molar-refractivity contribution is -0.126. The van der Waals surface area contributed by atoms with Gasteiger partial charge in [-0.3, -0.25) is 18.8 Å². The Balaban J connectivity index is 2.17. The van der Waals surface area contributed by atoms with E-state index >= 15 is 0 Å². The molecule has 0 radical (unpaired) electrons. The van der Waals surface area contributed by atoms with Gasteiger partial charge in [-0.15, -0.1) is 0 Å². The topological polar surface area (TPSA) is 99.6 Å². The molecule has 152 valence electrons. The van der Waals surface area contributed by atoms with Crippen LogP contribution in [0.5, 0.6) is 0 Å². The highest BCUT2D eigenvalue weighted by Crippen LogP contribution is 2.27. The van der Waals surface area contributed by atoms with Gasteiger partial charge in [0.25, 0.3) is 0 Å². The standard InChI is InChI=1S/C20H28N4O4/c1-5-23-18-15(10-17(25)22(4)19(21)26)13(3)12(2)9-16(18)24(20(23)27)11-14-7-6-8-28-14/h9,14H,5-8,10-11H2,1-4H3,(H2,21,26). The third-order valence-corrected chi connectivity index (χ3v) is 5.71. The molecule has 1 aliphatic rings. The molecular weight excluding hydrogens is 360 g/mol. The molecule has 0 bridgehead atoms. The van der Waals surface area contributed by atoms with Crippen LogP contribution in [-0.4, -0.2) is 45.7 Å². The number of carbonyl (C=O) groups is 2. The quantitative estimate of drug-likeness (QED) is 0.842. The number of nitrogens with two attached hydrogens (primary N) is 1. The number of primary amides is 1. The number of imidazole rings is 1. The van der Waals surface area contributed by atoms with Crippen molar-refractivity contribution in [1.29, 1.82) is 0 Å². The summed E-state index contributed by atoms with van der Waals surface area (Å²) in [5.41, 5.74) is 9.38. The van der Waals surface area contributed by atoms with E-state index in [2.05, 4.69) is 0 Å². The van der Waals surface area contributed by atoms with Crippen LogP contribution in [0.4, 0.5) is 4.79 Å². The zero-order chi connectivity index (χ0) is 20.6. The molecule has 2 N–H and O–H groups in total. The van der Waals surface area contributed by atoms with Gasteiger partial charge in [0, 0.05) is 20.2 Å². The molecule has 1 aliphatic heterocycles. The van der Waals surface area contributed by atoms with Crippen LogP contribution >= 0.6 is 0 Å². The van der Waals surface area contributed by atoms with Gasteiger partial charge in [-0.05, 0) is 56.4 Å². The van der Waals surface area contributed by atoms with Crippen LogP contribution in [0.2, 0.25) is 0 Å². The highest BCUT2D eigenvalue weighted by Gasteiger charge is 2.25. The van der Waals surface area contributed by atoms with Crippen LogP contribution in [0.3, 0.4) is 0 Å². The van der Waals surface area contributed by atoms with E-state index in [0.29, 0.717) is 13.1 Å². The Morgan fingerprint density at radius 2 is 2.04 bits per heavy atom. The van der Waals surface area contributed by atoms with E-state index in [1.807, 2.05) is 26.8 Å². The number of hydrogen-bond donors (Lipinski definition) is 1. The van der Waals surface area contributed by atoms with Gasteiger partial charge in [-0.1, -0.05) is 0 Å². The number of urea groups is 1. The van der Waals surface area contributed by atoms with Crippen molar-refractivity contribution in [2.24, 2.45) is 5.73 Å². The second kappa shape index (κ2) is 7.79. The minimum atomic E-state index is -0.796. The van der Waals surface area contributed by atoms with Gasteiger partial charge in [0.1, 0.15) is 0 Å². The second-order valence-corrected chi connectivity index (χ2v) is 7.40. The van der Waals surface area contributed by atoms with E-state index in [9.17, 15) is 14.4 Å². The lowest BCUT2D eigenvalue weighted by Crippen LogP contribution is -2.38. The number of amides is 3. The molecule has 3 amide bonds. The molecule has 2 aromatic rings. The Hall–Kier alpha value is -2.61. The molecular formula is C20H28N4O4. The number of aromatic nitrogens is 2. The lowest BCUT2D eigenvalue weighted by Gasteiger charge is -2.16. The molecule has 28 heavy (non-hydrogen) atoms. The maximum atomic E-state index is 13.1. The lowest BCUT2D eigenvalue weighted by atomic mass is 9.98. The van der Waals surface area contributed by atoms with Crippen LogP contribution in [0.15, 0.2) is 10.9 Å². The molecule has 1 saturated heterocycles. The number of hydrogen-bond acceptors (Lipinski definition) is 4. The maximum absolute atomic E-state index is 13.1. The number of benzene rings is 1. The summed E-state index contributed by atoms with van der Waals surface area (Å²) in [4.78, 5) is 37.9. The van der Waals surface area contributed by atoms with Crippen molar-refractivity contribution in [1.82, 2.24) is 14.0 Å². The smallest absolute Gasteiger partial charge is 0.329 e. The fraction of sp³-hybridized carbons (Fsp3) is 0.550. The third kappa shape index (κ3) is 3.44. The van der Waals surface area contributed by atoms with Crippen molar-refractivity contribution in [3.63, 3.8) is 0 Å². The van der Waals surface area contributed by atoms with Gasteiger partial charge in [0.15, 0.2) is 0 Å². The van der Waals surface area contributed by atoms with Gasteiger partial charge >= 0.3 is 11.7 Å². The van der Waals surface area contributed by atoms with Crippen molar-refractivity contribution in [2.45, 2.75) is 59.2 Å². The average Bonchev–Trinajstić information content (AvgIpc) is 3.25. The number of imide groups is 1. The van der Waals surface area contributed by atoms with E-state index in [-0.39, 0.29) is 18.2 Å². The monoisotopic (exact) mass is 388 g/mol. The highest BCUT2D eigenvalue weighted by atomic mass is 16.5. The first-order chi connectivity index (χ1) is 13.3. The fourth-order valence-corrected chi connectivity index (χ4v) is 3.87. The van der Waals surface area contributed by atoms with Crippen molar-refractivity contribution >= 4 is 23.0 Å². The molecule has 2 heterocycles. The number of aryl methyl sites for hydroxylation is 2. The summed E-state index contributed by atoms with van der Waals surface area (Å²) in [5, 5.41) is 0. The Morgan fingerprint density at radius 1 is 1.32 bits per heavy atom. The molecule has 3 rings (SSSR count). The molecule has 0 aliphatic carbocycles.